The van der Waals surface area contributed by atoms with Crippen LogP contribution in [-0.4, -0.2) is 39.2 Å². The molecular weight excluding hydrogens is 409 g/mol. The van der Waals surface area contributed by atoms with Crippen molar-refractivity contribution in [2.45, 2.75) is 11.8 Å². The lowest BCUT2D eigenvalue weighted by molar-refractivity contribution is -0.114. The zero-order valence-electron chi connectivity index (χ0n) is 14.8. The highest BCUT2D eigenvalue weighted by Gasteiger charge is 2.14. The first-order valence-corrected chi connectivity index (χ1v) is 10.8. The van der Waals surface area contributed by atoms with Crippen molar-refractivity contribution in [2.75, 3.05) is 39.8 Å². The number of rotatable bonds is 9. The predicted octanol–water partition coefficient (Wildman–Crippen LogP) is 3.73. The molecule has 0 aromatic heterocycles. The van der Waals surface area contributed by atoms with Gasteiger partial charge in [0.25, 0.3) is 10.0 Å². The average molecular weight is 430 g/mol. The van der Waals surface area contributed by atoms with Crippen LogP contribution in [0.2, 0.25) is 0 Å². The Hall–Kier alpha value is -1.96. The van der Waals surface area contributed by atoms with Crippen molar-refractivity contribution < 1.29 is 13.2 Å². The van der Waals surface area contributed by atoms with Crippen LogP contribution in [0.3, 0.4) is 0 Å². The van der Waals surface area contributed by atoms with Gasteiger partial charge in [0.2, 0.25) is 5.91 Å². The molecule has 0 radical (unpaired) electrons. The number of nitrogens with zero attached hydrogens (tertiary/aromatic N) is 1. The van der Waals surface area contributed by atoms with E-state index in [-0.39, 0.29) is 10.8 Å². The molecule has 2 aromatic carbocycles. The number of hydrogen-bond acceptors (Lipinski definition) is 4. The number of anilines is 3. The molecule has 27 heavy (non-hydrogen) atoms. The second kappa shape index (κ2) is 9.82. The fraction of sp³-hybridized carbons (Fsp3) is 0.278. The van der Waals surface area contributed by atoms with E-state index in [9.17, 15) is 13.2 Å². The lowest BCUT2D eigenvalue weighted by Gasteiger charge is -2.23. The van der Waals surface area contributed by atoms with Gasteiger partial charge in [0.05, 0.1) is 4.90 Å². The minimum absolute atomic E-state index is 0.103. The van der Waals surface area contributed by atoms with Gasteiger partial charge in [0.15, 0.2) is 0 Å². The van der Waals surface area contributed by atoms with E-state index in [4.69, 9.17) is 23.2 Å². The molecule has 0 atom stereocenters. The van der Waals surface area contributed by atoms with E-state index in [1.807, 2.05) is 17.0 Å². The van der Waals surface area contributed by atoms with E-state index in [1.165, 1.54) is 31.2 Å². The first kappa shape index (κ1) is 21.3. The highest BCUT2D eigenvalue weighted by molar-refractivity contribution is 7.92. The van der Waals surface area contributed by atoms with Crippen molar-refractivity contribution in [3.8, 4) is 0 Å². The fourth-order valence-electron chi connectivity index (χ4n) is 2.45. The molecule has 9 heteroatoms. The van der Waals surface area contributed by atoms with Gasteiger partial charge in [-0.1, -0.05) is 0 Å². The van der Waals surface area contributed by atoms with Crippen LogP contribution in [-0.2, 0) is 14.8 Å². The summed E-state index contributed by atoms with van der Waals surface area (Å²) in [6.07, 6.45) is 0. The molecule has 0 unspecified atom stereocenters. The van der Waals surface area contributed by atoms with E-state index >= 15 is 0 Å². The van der Waals surface area contributed by atoms with Gasteiger partial charge in [-0.3, -0.25) is 9.52 Å². The Morgan fingerprint density at radius 1 is 0.926 bits per heavy atom. The molecule has 0 spiro atoms. The number of hydrogen-bond donors (Lipinski definition) is 2. The SMILES string of the molecule is CC(=O)Nc1ccc(S(=O)(=O)Nc2ccc(N(CCCl)CCCl)cc2)cc1. The van der Waals surface area contributed by atoms with E-state index in [2.05, 4.69) is 10.0 Å². The zero-order valence-corrected chi connectivity index (χ0v) is 17.1. The monoisotopic (exact) mass is 429 g/mol. The summed E-state index contributed by atoms with van der Waals surface area (Å²) in [4.78, 5) is 13.2. The maximum Gasteiger partial charge on any atom is 0.261 e. The van der Waals surface area contributed by atoms with Crippen LogP contribution in [0.25, 0.3) is 0 Å². The topological polar surface area (TPSA) is 78.5 Å². The van der Waals surface area contributed by atoms with Crippen molar-refractivity contribution >= 4 is 56.2 Å². The minimum atomic E-state index is -3.73. The number of sulfonamides is 1. The summed E-state index contributed by atoms with van der Waals surface area (Å²) in [6, 6.07) is 13.0. The molecule has 0 heterocycles. The lowest BCUT2D eigenvalue weighted by Crippen LogP contribution is -2.27. The van der Waals surface area contributed by atoms with Gasteiger partial charge in [0, 0.05) is 48.8 Å². The smallest absolute Gasteiger partial charge is 0.261 e. The molecular formula is C18H21Cl2N3O3S. The van der Waals surface area contributed by atoms with Crippen molar-refractivity contribution in [1.82, 2.24) is 0 Å². The van der Waals surface area contributed by atoms with Crippen LogP contribution in [0.5, 0.6) is 0 Å². The summed E-state index contributed by atoms with van der Waals surface area (Å²) >= 11 is 11.6. The van der Waals surface area contributed by atoms with Gasteiger partial charge in [-0.15, -0.1) is 23.2 Å². The fourth-order valence-corrected chi connectivity index (χ4v) is 3.92. The summed E-state index contributed by atoms with van der Waals surface area (Å²) in [5.74, 6) is 0.723. The Morgan fingerprint density at radius 2 is 1.44 bits per heavy atom. The van der Waals surface area contributed by atoms with E-state index in [0.29, 0.717) is 36.2 Å². The quantitative estimate of drug-likeness (QED) is 0.595. The lowest BCUT2D eigenvalue weighted by atomic mass is 10.2. The first-order valence-electron chi connectivity index (χ1n) is 8.23. The molecule has 0 aliphatic heterocycles. The highest BCUT2D eigenvalue weighted by Crippen LogP contribution is 2.22. The number of amides is 1. The molecule has 0 saturated heterocycles. The molecule has 2 aromatic rings. The molecule has 0 saturated carbocycles. The van der Waals surface area contributed by atoms with Crippen LogP contribution in [0.15, 0.2) is 53.4 Å². The van der Waals surface area contributed by atoms with E-state index in [1.54, 1.807) is 12.1 Å². The summed E-state index contributed by atoms with van der Waals surface area (Å²) in [6.45, 7) is 2.69. The van der Waals surface area contributed by atoms with Crippen LogP contribution in [0, 0.1) is 0 Å². The largest absolute Gasteiger partial charge is 0.369 e. The second-order valence-electron chi connectivity index (χ2n) is 5.72. The van der Waals surface area contributed by atoms with Gasteiger partial charge >= 0.3 is 0 Å². The summed E-state index contributed by atoms with van der Waals surface area (Å²) in [5, 5.41) is 2.59. The first-order chi connectivity index (χ1) is 12.9. The molecule has 0 aliphatic carbocycles. The van der Waals surface area contributed by atoms with Crippen molar-refractivity contribution in [3.05, 3.63) is 48.5 Å². The second-order valence-corrected chi connectivity index (χ2v) is 8.16. The van der Waals surface area contributed by atoms with Crippen LogP contribution in [0.4, 0.5) is 17.1 Å². The van der Waals surface area contributed by atoms with Crippen LogP contribution >= 0.6 is 23.2 Å². The van der Waals surface area contributed by atoms with Gasteiger partial charge in [-0.2, -0.15) is 0 Å². The van der Waals surface area contributed by atoms with Gasteiger partial charge in [0.1, 0.15) is 0 Å². The van der Waals surface area contributed by atoms with Crippen molar-refractivity contribution in [1.29, 1.82) is 0 Å². The molecule has 6 nitrogen and oxygen atoms in total. The summed E-state index contributed by atoms with van der Waals surface area (Å²) in [7, 11) is -3.73. The summed E-state index contributed by atoms with van der Waals surface area (Å²) in [5.41, 5.74) is 1.89. The molecule has 0 aliphatic rings. The van der Waals surface area contributed by atoms with Crippen molar-refractivity contribution in [3.63, 3.8) is 0 Å². The normalized spacial score (nSPS) is 11.1. The molecule has 0 bridgehead atoms. The molecule has 2 rings (SSSR count). The Bertz CT molecular complexity index is 850. The number of benzene rings is 2. The summed E-state index contributed by atoms with van der Waals surface area (Å²) < 4.78 is 27.6. The minimum Gasteiger partial charge on any atom is -0.369 e. The zero-order chi connectivity index (χ0) is 19.9. The maximum absolute atomic E-state index is 12.5. The maximum atomic E-state index is 12.5. The van der Waals surface area contributed by atoms with Crippen LogP contribution < -0.4 is 14.9 Å². The Balaban J connectivity index is 2.11. The third-order valence-electron chi connectivity index (χ3n) is 3.68. The molecule has 1 amide bonds. The van der Waals surface area contributed by atoms with E-state index in [0.717, 1.165) is 5.69 Å². The number of halogens is 2. The number of carbonyl (C=O) groups is 1. The average Bonchev–Trinajstić information content (AvgIpc) is 2.62. The molecule has 146 valence electrons. The number of nitrogens with one attached hydrogen (secondary N) is 2. The van der Waals surface area contributed by atoms with Gasteiger partial charge in [-0.25, -0.2) is 8.42 Å². The third-order valence-corrected chi connectivity index (χ3v) is 5.41. The third kappa shape index (κ3) is 6.30. The standard InChI is InChI=1S/C18H21Cl2N3O3S/c1-14(24)21-15-4-8-18(9-5-15)27(25,26)22-16-2-6-17(7-3-16)23(12-10-19)13-11-20/h2-9,22H,10-13H2,1H3,(H,21,24). The van der Waals surface area contributed by atoms with E-state index < -0.39 is 10.0 Å². The van der Waals surface area contributed by atoms with Gasteiger partial charge < -0.3 is 10.2 Å². The Kier molecular flexibility index (Phi) is 7.77. The number of carbonyl (C=O) groups excluding carboxylic acids is 1. The van der Waals surface area contributed by atoms with Gasteiger partial charge in [-0.05, 0) is 48.5 Å². The highest BCUT2D eigenvalue weighted by atomic mass is 35.5. The molecule has 0 fully saturated rings. The van der Waals surface area contributed by atoms with Crippen molar-refractivity contribution in [2.24, 2.45) is 0 Å². The number of alkyl halides is 2. The Morgan fingerprint density at radius 3 is 1.93 bits per heavy atom. The predicted molar refractivity (Wildman–Crippen MR) is 112 cm³/mol. The Labute approximate surface area is 169 Å². The molecule has 2 N–H and O–H groups in total. The van der Waals surface area contributed by atoms with Crippen LogP contribution in [0.1, 0.15) is 6.92 Å².